The molecule has 1 aromatic rings. The summed E-state index contributed by atoms with van der Waals surface area (Å²) in [6, 6.07) is 5.77. The third kappa shape index (κ3) is 4.16. The van der Waals surface area contributed by atoms with Crippen LogP contribution >= 0.6 is 34.8 Å². The molecule has 0 saturated carbocycles. The van der Waals surface area contributed by atoms with Crippen LogP contribution in [0.1, 0.15) is 32.8 Å². The normalized spacial score (nSPS) is 13.9. The van der Waals surface area contributed by atoms with Gasteiger partial charge in [-0.05, 0) is 36.8 Å². The Morgan fingerprint density at radius 2 is 1.88 bits per heavy atom. The number of benzene rings is 1. The zero-order valence-corrected chi connectivity index (χ0v) is 12.1. The topological polar surface area (TPSA) is 0 Å². The lowest BCUT2D eigenvalue weighted by Gasteiger charge is -2.26. The Labute approximate surface area is 113 Å². The van der Waals surface area contributed by atoms with E-state index >= 15 is 0 Å². The molecule has 90 valence electrons. The second kappa shape index (κ2) is 5.62. The van der Waals surface area contributed by atoms with Crippen molar-refractivity contribution in [3.05, 3.63) is 33.8 Å². The van der Waals surface area contributed by atoms with Gasteiger partial charge in [-0.15, -0.1) is 11.6 Å². The van der Waals surface area contributed by atoms with Crippen molar-refractivity contribution in [2.75, 3.05) is 0 Å². The summed E-state index contributed by atoms with van der Waals surface area (Å²) in [5.41, 5.74) is 1.23. The van der Waals surface area contributed by atoms with Gasteiger partial charge in [0.25, 0.3) is 0 Å². The fourth-order valence-corrected chi connectivity index (χ4v) is 2.84. The van der Waals surface area contributed by atoms with Gasteiger partial charge in [0.2, 0.25) is 0 Å². The summed E-state index contributed by atoms with van der Waals surface area (Å²) in [7, 11) is 0. The summed E-state index contributed by atoms with van der Waals surface area (Å²) in [5, 5.41) is 1.46. The summed E-state index contributed by atoms with van der Waals surface area (Å²) in [4.78, 5) is 0. The Hall–Kier alpha value is 0.0900. The quantitative estimate of drug-likeness (QED) is 0.631. The highest BCUT2D eigenvalue weighted by Crippen LogP contribution is 2.34. The predicted octanol–water partition coefficient (Wildman–Crippen LogP) is 5.58. The highest BCUT2D eigenvalue weighted by atomic mass is 35.5. The third-order valence-electron chi connectivity index (χ3n) is 2.53. The van der Waals surface area contributed by atoms with E-state index in [0.717, 1.165) is 18.4 Å². The van der Waals surface area contributed by atoms with Crippen LogP contribution in [0.4, 0.5) is 0 Å². The lowest BCUT2D eigenvalue weighted by Crippen LogP contribution is -2.19. The van der Waals surface area contributed by atoms with Crippen LogP contribution in [0.15, 0.2) is 18.2 Å². The summed E-state index contributed by atoms with van der Waals surface area (Å²) in [6.07, 6.45) is 1.85. The zero-order valence-electron chi connectivity index (χ0n) is 9.86. The van der Waals surface area contributed by atoms with Crippen LogP contribution in [-0.4, -0.2) is 5.38 Å². The largest absolute Gasteiger partial charge is 0.123 e. The summed E-state index contributed by atoms with van der Waals surface area (Å²) in [6.45, 7) is 6.41. The van der Waals surface area contributed by atoms with E-state index in [2.05, 4.69) is 13.8 Å². The molecule has 1 rings (SSSR count). The van der Waals surface area contributed by atoms with Gasteiger partial charge in [-0.3, -0.25) is 0 Å². The van der Waals surface area contributed by atoms with Crippen LogP contribution in [0.2, 0.25) is 10.0 Å². The number of alkyl halides is 1. The minimum absolute atomic E-state index is 0.134. The molecule has 0 fully saturated rings. The summed E-state index contributed by atoms with van der Waals surface area (Å²) < 4.78 is 0. The third-order valence-corrected chi connectivity index (χ3v) is 3.55. The van der Waals surface area contributed by atoms with Gasteiger partial charge in [-0.1, -0.05) is 49.2 Å². The number of halogens is 3. The maximum Gasteiger partial charge on any atom is 0.0624 e. The average molecular weight is 280 g/mol. The molecule has 0 heterocycles. The lowest BCUT2D eigenvalue weighted by atomic mass is 9.82. The van der Waals surface area contributed by atoms with E-state index in [1.165, 1.54) is 0 Å². The molecule has 0 spiro atoms. The first-order valence-electron chi connectivity index (χ1n) is 5.39. The number of hydrogen-bond donors (Lipinski definition) is 0. The zero-order chi connectivity index (χ0) is 12.3. The van der Waals surface area contributed by atoms with Crippen molar-refractivity contribution in [3.8, 4) is 0 Å². The van der Waals surface area contributed by atoms with Gasteiger partial charge in [0, 0.05) is 5.38 Å². The lowest BCUT2D eigenvalue weighted by molar-refractivity contribution is 0.332. The fraction of sp³-hybridized carbons (Fsp3) is 0.538. The molecule has 0 amide bonds. The molecule has 0 N–H and O–H groups in total. The van der Waals surface area contributed by atoms with E-state index in [1.54, 1.807) is 0 Å². The Morgan fingerprint density at radius 1 is 1.25 bits per heavy atom. The fourth-order valence-electron chi connectivity index (χ4n) is 2.03. The molecule has 0 nitrogen and oxygen atoms in total. The van der Waals surface area contributed by atoms with E-state index in [0.29, 0.717) is 10.0 Å². The van der Waals surface area contributed by atoms with Crippen molar-refractivity contribution >= 4 is 34.8 Å². The van der Waals surface area contributed by atoms with Gasteiger partial charge in [0.15, 0.2) is 0 Å². The van der Waals surface area contributed by atoms with Crippen LogP contribution in [0.5, 0.6) is 0 Å². The van der Waals surface area contributed by atoms with Crippen molar-refractivity contribution in [2.24, 2.45) is 5.41 Å². The smallest absolute Gasteiger partial charge is 0.0624 e. The number of hydrogen-bond acceptors (Lipinski definition) is 0. The molecule has 0 saturated heterocycles. The molecule has 0 aromatic heterocycles. The molecule has 0 aliphatic rings. The average Bonchev–Trinajstić information content (AvgIpc) is 2.10. The van der Waals surface area contributed by atoms with E-state index in [1.807, 2.05) is 25.1 Å². The van der Waals surface area contributed by atoms with Crippen molar-refractivity contribution in [1.29, 1.82) is 0 Å². The second-order valence-corrected chi connectivity index (χ2v) is 6.57. The van der Waals surface area contributed by atoms with Crippen LogP contribution in [0.3, 0.4) is 0 Å². The van der Waals surface area contributed by atoms with E-state index in [4.69, 9.17) is 34.8 Å². The Bertz CT molecular complexity index is 356. The van der Waals surface area contributed by atoms with E-state index < -0.39 is 0 Å². The minimum atomic E-state index is 0.134. The molecule has 0 aliphatic heterocycles. The monoisotopic (exact) mass is 278 g/mol. The van der Waals surface area contributed by atoms with Gasteiger partial charge in [-0.2, -0.15) is 0 Å². The summed E-state index contributed by atoms with van der Waals surface area (Å²) >= 11 is 18.2. The molecule has 0 bridgehead atoms. The molecule has 3 heteroatoms. The van der Waals surface area contributed by atoms with Crippen LogP contribution < -0.4 is 0 Å². The van der Waals surface area contributed by atoms with Crippen molar-refractivity contribution in [1.82, 2.24) is 0 Å². The van der Waals surface area contributed by atoms with Gasteiger partial charge < -0.3 is 0 Å². The maximum atomic E-state index is 6.17. The highest BCUT2D eigenvalue weighted by molar-refractivity contribution is 6.42. The molecular formula is C13H17Cl3. The molecule has 0 aliphatic carbocycles. The van der Waals surface area contributed by atoms with Gasteiger partial charge in [-0.25, -0.2) is 0 Å². The minimum Gasteiger partial charge on any atom is -0.123 e. The van der Waals surface area contributed by atoms with Crippen molar-refractivity contribution in [2.45, 2.75) is 39.0 Å². The summed E-state index contributed by atoms with van der Waals surface area (Å²) in [5.74, 6) is 0. The van der Waals surface area contributed by atoms with Gasteiger partial charge in [0.1, 0.15) is 0 Å². The Balaban J connectivity index is 2.83. The van der Waals surface area contributed by atoms with Crippen molar-refractivity contribution in [3.63, 3.8) is 0 Å². The van der Waals surface area contributed by atoms with Crippen LogP contribution in [0.25, 0.3) is 0 Å². The molecule has 1 atom stereocenters. The first-order chi connectivity index (χ1) is 7.32. The van der Waals surface area contributed by atoms with E-state index in [-0.39, 0.29) is 10.8 Å². The molecule has 1 unspecified atom stereocenters. The molecule has 0 radical (unpaired) electrons. The maximum absolute atomic E-state index is 6.17. The van der Waals surface area contributed by atoms with Crippen LogP contribution in [0, 0.1) is 5.41 Å². The van der Waals surface area contributed by atoms with Gasteiger partial charge in [0.05, 0.1) is 10.0 Å². The molecule has 1 aromatic carbocycles. The second-order valence-electron chi connectivity index (χ2n) is 5.04. The van der Waals surface area contributed by atoms with Crippen LogP contribution in [-0.2, 0) is 6.42 Å². The molecule has 16 heavy (non-hydrogen) atoms. The SMILES string of the molecule is CC(Cl)CC(C)(C)Cc1cccc(Cl)c1Cl. The Morgan fingerprint density at radius 3 is 2.44 bits per heavy atom. The van der Waals surface area contributed by atoms with Gasteiger partial charge >= 0.3 is 0 Å². The first kappa shape index (κ1) is 14.2. The van der Waals surface area contributed by atoms with E-state index in [9.17, 15) is 0 Å². The predicted molar refractivity (Wildman–Crippen MR) is 73.9 cm³/mol. The van der Waals surface area contributed by atoms with Crippen molar-refractivity contribution < 1.29 is 0 Å². The highest BCUT2D eigenvalue weighted by Gasteiger charge is 2.22. The number of rotatable bonds is 4. The first-order valence-corrected chi connectivity index (χ1v) is 6.58. The molecular weight excluding hydrogens is 263 g/mol. The Kier molecular flexibility index (Phi) is 4.97. The standard InChI is InChI=1S/C13H17Cl3/c1-9(14)7-13(2,3)8-10-5-4-6-11(15)12(10)16/h4-6,9H,7-8H2,1-3H3.